The minimum absolute atomic E-state index is 0.213. The smallest absolute Gasteiger partial charge is 0.307 e. The lowest BCUT2D eigenvalue weighted by Gasteiger charge is -2.25. The van der Waals surface area contributed by atoms with E-state index in [-0.39, 0.29) is 5.92 Å². The Hall–Kier alpha value is -2.25. The lowest BCUT2D eigenvalue weighted by molar-refractivity contribution is -0.143. The van der Waals surface area contributed by atoms with Crippen LogP contribution in [0.4, 0.5) is 0 Å². The second-order valence-corrected chi connectivity index (χ2v) is 4.63. The third-order valence-corrected chi connectivity index (χ3v) is 3.47. The van der Waals surface area contributed by atoms with Crippen molar-refractivity contribution >= 4 is 5.97 Å². The highest BCUT2D eigenvalue weighted by Crippen LogP contribution is 2.37. The van der Waals surface area contributed by atoms with Crippen molar-refractivity contribution in [3.05, 3.63) is 12.2 Å². The van der Waals surface area contributed by atoms with Crippen LogP contribution in [0.1, 0.15) is 37.5 Å². The molecule has 100 valence electrons. The summed E-state index contributed by atoms with van der Waals surface area (Å²) in [6, 6.07) is 0. The maximum absolute atomic E-state index is 11.3. The topological polar surface area (TPSA) is 118 Å². The van der Waals surface area contributed by atoms with E-state index >= 15 is 0 Å². The van der Waals surface area contributed by atoms with E-state index in [2.05, 4.69) is 25.3 Å². The van der Waals surface area contributed by atoms with Crippen LogP contribution in [0, 0.1) is 5.92 Å². The molecule has 2 aromatic rings. The van der Waals surface area contributed by atoms with Crippen LogP contribution in [0.15, 0.2) is 10.9 Å². The molecule has 1 aliphatic rings. The van der Waals surface area contributed by atoms with Gasteiger partial charge in [-0.1, -0.05) is 18.0 Å². The van der Waals surface area contributed by atoms with Gasteiger partial charge in [-0.3, -0.25) is 9.89 Å². The van der Waals surface area contributed by atoms with Gasteiger partial charge in [-0.25, -0.2) is 4.98 Å². The van der Waals surface area contributed by atoms with Crippen LogP contribution in [0.5, 0.6) is 0 Å². The number of carbonyl (C=O) groups is 1. The molecule has 0 saturated heterocycles. The summed E-state index contributed by atoms with van der Waals surface area (Å²) in [6.45, 7) is 0. The Labute approximate surface area is 108 Å². The lowest BCUT2D eigenvalue weighted by atomic mass is 9.79. The van der Waals surface area contributed by atoms with Gasteiger partial charge in [0.05, 0.1) is 11.8 Å². The molecule has 2 aromatic heterocycles. The van der Waals surface area contributed by atoms with E-state index in [0.717, 1.165) is 19.3 Å². The number of aromatic nitrogens is 5. The van der Waals surface area contributed by atoms with Crippen molar-refractivity contribution in [2.75, 3.05) is 0 Å². The van der Waals surface area contributed by atoms with E-state index in [4.69, 9.17) is 4.52 Å². The zero-order valence-corrected chi connectivity index (χ0v) is 10.1. The molecule has 0 bridgehead atoms. The van der Waals surface area contributed by atoms with E-state index in [0.29, 0.717) is 24.0 Å². The number of hydrogen-bond acceptors (Lipinski definition) is 6. The van der Waals surface area contributed by atoms with Crippen LogP contribution in [-0.4, -0.2) is 36.4 Å². The molecule has 0 spiro atoms. The summed E-state index contributed by atoms with van der Waals surface area (Å²) in [6.07, 6.45) is 4.67. The Morgan fingerprint density at radius 3 is 3.00 bits per heavy atom. The van der Waals surface area contributed by atoms with Gasteiger partial charge in [-0.15, -0.1) is 0 Å². The zero-order valence-electron chi connectivity index (χ0n) is 10.1. The first-order chi connectivity index (χ1) is 9.25. The van der Waals surface area contributed by atoms with Gasteiger partial charge in [-0.2, -0.15) is 10.1 Å². The zero-order chi connectivity index (χ0) is 13.2. The number of hydrogen-bond donors (Lipinski definition) is 2. The quantitative estimate of drug-likeness (QED) is 0.854. The molecule has 2 atom stereocenters. The molecule has 19 heavy (non-hydrogen) atoms. The fourth-order valence-electron chi connectivity index (χ4n) is 2.52. The second kappa shape index (κ2) is 4.79. The SMILES string of the molecule is O=C(O)C1CCCCC1c1nc(-c2ncn[nH]2)no1. The van der Waals surface area contributed by atoms with Gasteiger partial charge >= 0.3 is 5.97 Å². The van der Waals surface area contributed by atoms with E-state index < -0.39 is 11.9 Å². The number of rotatable bonds is 3. The molecule has 8 heteroatoms. The van der Waals surface area contributed by atoms with Crippen molar-refractivity contribution in [2.24, 2.45) is 5.92 Å². The van der Waals surface area contributed by atoms with Gasteiger partial charge in [0.25, 0.3) is 0 Å². The van der Waals surface area contributed by atoms with Crippen molar-refractivity contribution < 1.29 is 14.4 Å². The molecule has 0 aromatic carbocycles. The average molecular weight is 263 g/mol. The van der Waals surface area contributed by atoms with Crippen LogP contribution in [0.25, 0.3) is 11.6 Å². The number of aliphatic carboxylic acids is 1. The third-order valence-electron chi connectivity index (χ3n) is 3.47. The Bertz CT molecular complexity index is 565. The van der Waals surface area contributed by atoms with Crippen LogP contribution in [0.2, 0.25) is 0 Å². The number of aromatic amines is 1. The summed E-state index contributed by atoms with van der Waals surface area (Å²) < 4.78 is 5.20. The average Bonchev–Trinajstić information content (AvgIpc) is 3.09. The van der Waals surface area contributed by atoms with Crippen molar-refractivity contribution in [3.8, 4) is 11.6 Å². The summed E-state index contributed by atoms with van der Waals surface area (Å²) in [4.78, 5) is 19.4. The van der Waals surface area contributed by atoms with E-state index in [1.54, 1.807) is 0 Å². The van der Waals surface area contributed by atoms with E-state index in [1.807, 2.05) is 0 Å². The van der Waals surface area contributed by atoms with E-state index in [9.17, 15) is 9.90 Å². The van der Waals surface area contributed by atoms with Crippen molar-refractivity contribution in [1.82, 2.24) is 25.3 Å². The Balaban J connectivity index is 1.87. The van der Waals surface area contributed by atoms with Crippen LogP contribution in [-0.2, 0) is 4.79 Å². The standard InChI is InChI=1S/C11H13N5O3/c17-11(18)7-4-2-1-3-6(7)10-14-9(16-19-10)8-12-5-13-15-8/h5-7H,1-4H2,(H,17,18)(H,12,13,15). The monoisotopic (exact) mass is 263 g/mol. The molecule has 2 unspecified atom stereocenters. The van der Waals surface area contributed by atoms with Gasteiger partial charge < -0.3 is 9.63 Å². The molecule has 2 heterocycles. The molecule has 2 N–H and O–H groups in total. The molecule has 3 rings (SSSR count). The summed E-state index contributed by atoms with van der Waals surface area (Å²) in [5, 5.41) is 19.4. The summed E-state index contributed by atoms with van der Waals surface area (Å²) in [5.74, 6) is -0.366. The molecule has 1 fully saturated rings. The highest BCUT2D eigenvalue weighted by molar-refractivity contribution is 5.71. The normalized spacial score (nSPS) is 23.4. The molecule has 0 amide bonds. The Morgan fingerprint density at radius 1 is 1.42 bits per heavy atom. The molecule has 0 radical (unpaired) electrons. The van der Waals surface area contributed by atoms with Crippen LogP contribution < -0.4 is 0 Å². The highest BCUT2D eigenvalue weighted by Gasteiger charge is 2.35. The fourth-order valence-corrected chi connectivity index (χ4v) is 2.52. The van der Waals surface area contributed by atoms with Gasteiger partial charge in [0, 0.05) is 0 Å². The van der Waals surface area contributed by atoms with Gasteiger partial charge in [0.15, 0.2) is 5.82 Å². The predicted molar refractivity (Wildman–Crippen MR) is 62.0 cm³/mol. The largest absolute Gasteiger partial charge is 0.481 e. The first-order valence-electron chi connectivity index (χ1n) is 6.18. The van der Waals surface area contributed by atoms with E-state index in [1.165, 1.54) is 6.33 Å². The first-order valence-corrected chi connectivity index (χ1v) is 6.18. The summed E-state index contributed by atoms with van der Waals surface area (Å²) in [7, 11) is 0. The minimum Gasteiger partial charge on any atom is -0.481 e. The Morgan fingerprint density at radius 2 is 2.26 bits per heavy atom. The summed E-state index contributed by atoms with van der Waals surface area (Å²) in [5.41, 5.74) is 0. The van der Waals surface area contributed by atoms with Crippen molar-refractivity contribution in [1.29, 1.82) is 0 Å². The molecular weight excluding hydrogens is 250 g/mol. The maximum Gasteiger partial charge on any atom is 0.307 e. The lowest BCUT2D eigenvalue weighted by Crippen LogP contribution is -2.25. The van der Waals surface area contributed by atoms with Crippen LogP contribution >= 0.6 is 0 Å². The molecular formula is C11H13N5O3. The predicted octanol–water partition coefficient (Wildman–Crippen LogP) is 1.21. The number of carboxylic acids is 1. The summed E-state index contributed by atoms with van der Waals surface area (Å²) >= 11 is 0. The van der Waals surface area contributed by atoms with Crippen LogP contribution in [0.3, 0.4) is 0 Å². The number of nitrogens with one attached hydrogen (secondary N) is 1. The Kier molecular flexibility index (Phi) is 2.98. The first kappa shape index (κ1) is 11.8. The number of H-pyrrole nitrogens is 1. The van der Waals surface area contributed by atoms with Gasteiger partial charge in [0.1, 0.15) is 6.33 Å². The second-order valence-electron chi connectivity index (χ2n) is 4.63. The van der Waals surface area contributed by atoms with Gasteiger partial charge in [0.2, 0.25) is 11.7 Å². The molecule has 0 aliphatic heterocycles. The molecule has 1 aliphatic carbocycles. The maximum atomic E-state index is 11.3. The minimum atomic E-state index is -0.802. The number of nitrogens with zero attached hydrogens (tertiary/aromatic N) is 4. The third kappa shape index (κ3) is 2.20. The fraction of sp³-hybridized carbons (Fsp3) is 0.545. The van der Waals surface area contributed by atoms with Crippen molar-refractivity contribution in [3.63, 3.8) is 0 Å². The molecule has 1 saturated carbocycles. The molecule has 8 nitrogen and oxygen atoms in total. The van der Waals surface area contributed by atoms with Gasteiger partial charge in [-0.05, 0) is 12.8 Å². The number of carboxylic acid groups (broad SMARTS) is 1. The van der Waals surface area contributed by atoms with Crippen molar-refractivity contribution in [2.45, 2.75) is 31.6 Å². The highest BCUT2D eigenvalue weighted by atomic mass is 16.5.